The van der Waals surface area contributed by atoms with Crippen molar-refractivity contribution in [2.45, 2.75) is 51.2 Å². The third kappa shape index (κ3) is 6.25. The van der Waals surface area contributed by atoms with Gasteiger partial charge in [0.15, 0.2) is 11.0 Å². The number of hydrogen-bond acceptors (Lipinski definition) is 4. The molecule has 1 aromatic heterocycles. The number of rotatable bonds is 9. The maximum Gasteiger partial charge on any atom is 0.220 e. The van der Waals surface area contributed by atoms with Crippen LogP contribution in [0.5, 0.6) is 0 Å². The molecule has 0 radical (unpaired) electrons. The van der Waals surface area contributed by atoms with E-state index in [9.17, 15) is 4.79 Å². The van der Waals surface area contributed by atoms with Crippen LogP contribution < -0.4 is 5.32 Å². The Morgan fingerprint density at radius 3 is 2.55 bits per heavy atom. The highest BCUT2D eigenvalue weighted by Gasteiger charge is 2.17. The van der Waals surface area contributed by atoms with Gasteiger partial charge in [0.05, 0.1) is 15.7 Å². The van der Waals surface area contributed by atoms with Crippen molar-refractivity contribution in [2.24, 2.45) is 0 Å². The molecule has 0 bridgehead atoms. The molecule has 0 aliphatic rings. The molecule has 1 unspecified atom stereocenters. The molecule has 3 aromatic rings. The molecule has 0 aliphatic carbocycles. The minimum atomic E-state index is 0.0845. The van der Waals surface area contributed by atoms with Gasteiger partial charge in [0.25, 0.3) is 0 Å². The van der Waals surface area contributed by atoms with Gasteiger partial charge in [-0.2, -0.15) is 0 Å². The van der Waals surface area contributed by atoms with Crippen LogP contribution in [0.15, 0.2) is 47.6 Å². The Morgan fingerprint density at radius 1 is 1.13 bits per heavy atom. The van der Waals surface area contributed by atoms with Crippen LogP contribution in [0, 0.1) is 6.92 Å². The lowest BCUT2D eigenvalue weighted by Gasteiger charge is -2.12. The zero-order valence-corrected chi connectivity index (χ0v) is 20.2. The SMILES string of the molecule is CCC(C)NC(=O)CCCSc1nnc(-c2ccc(C)cc2)n1-c1ccc(Cl)c(Cl)c1. The number of aromatic nitrogens is 3. The molecule has 1 heterocycles. The molecule has 31 heavy (non-hydrogen) atoms. The van der Waals surface area contributed by atoms with Gasteiger partial charge in [-0.05, 0) is 44.9 Å². The molecule has 0 saturated carbocycles. The number of halogens is 2. The Kier molecular flexibility index (Phi) is 8.41. The van der Waals surface area contributed by atoms with Crippen molar-refractivity contribution in [3.05, 3.63) is 58.1 Å². The van der Waals surface area contributed by atoms with E-state index in [0.29, 0.717) is 16.5 Å². The molecular weight excluding hydrogens is 451 g/mol. The Hall–Kier alpha value is -2.02. The minimum absolute atomic E-state index is 0.0845. The van der Waals surface area contributed by atoms with Crippen molar-refractivity contribution in [1.29, 1.82) is 0 Å². The van der Waals surface area contributed by atoms with Crippen molar-refractivity contribution in [3.8, 4) is 17.1 Å². The number of aryl methyl sites for hydroxylation is 1. The smallest absolute Gasteiger partial charge is 0.220 e. The summed E-state index contributed by atoms with van der Waals surface area (Å²) in [6, 6.07) is 13.8. The van der Waals surface area contributed by atoms with Crippen molar-refractivity contribution in [1.82, 2.24) is 20.1 Å². The molecule has 0 spiro atoms. The molecule has 164 valence electrons. The quantitative estimate of drug-likeness (QED) is 0.289. The molecule has 8 heteroatoms. The number of thioether (sulfide) groups is 1. The van der Waals surface area contributed by atoms with E-state index in [1.165, 1.54) is 5.56 Å². The van der Waals surface area contributed by atoms with E-state index in [0.717, 1.165) is 40.8 Å². The summed E-state index contributed by atoms with van der Waals surface area (Å²) < 4.78 is 1.98. The first-order chi connectivity index (χ1) is 14.9. The van der Waals surface area contributed by atoms with Crippen LogP contribution in [0.2, 0.25) is 10.0 Å². The van der Waals surface area contributed by atoms with E-state index in [1.54, 1.807) is 17.8 Å². The lowest BCUT2D eigenvalue weighted by atomic mass is 10.1. The first-order valence-corrected chi connectivity index (χ1v) is 12.0. The number of carbonyl (C=O) groups is 1. The van der Waals surface area contributed by atoms with E-state index in [2.05, 4.69) is 22.4 Å². The standard InChI is InChI=1S/C23H26Cl2N4OS/c1-4-16(3)26-21(30)6-5-13-31-23-28-27-22(17-9-7-15(2)8-10-17)29(23)18-11-12-19(24)20(25)14-18/h7-12,14,16H,4-6,13H2,1-3H3,(H,26,30). The van der Waals surface area contributed by atoms with Crippen molar-refractivity contribution >= 4 is 40.9 Å². The zero-order chi connectivity index (χ0) is 22.4. The number of benzene rings is 2. The van der Waals surface area contributed by atoms with Gasteiger partial charge in [-0.3, -0.25) is 9.36 Å². The fraction of sp³-hybridized carbons (Fsp3) is 0.348. The lowest BCUT2D eigenvalue weighted by molar-refractivity contribution is -0.121. The summed E-state index contributed by atoms with van der Waals surface area (Å²) in [5, 5.41) is 13.6. The molecule has 5 nitrogen and oxygen atoms in total. The highest BCUT2D eigenvalue weighted by molar-refractivity contribution is 7.99. The average molecular weight is 477 g/mol. The summed E-state index contributed by atoms with van der Waals surface area (Å²) in [4.78, 5) is 12.0. The van der Waals surface area contributed by atoms with Crippen LogP contribution >= 0.6 is 35.0 Å². The van der Waals surface area contributed by atoms with E-state index in [4.69, 9.17) is 23.2 Å². The zero-order valence-electron chi connectivity index (χ0n) is 17.9. The van der Waals surface area contributed by atoms with E-state index < -0.39 is 0 Å². The summed E-state index contributed by atoms with van der Waals surface area (Å²) in [5.41, 5.74) is 2.98. The number of nitrogens with zero attached hydrogens (tertiary/aromatic N) is 3. The van der Waals surface area contributed by atoms with Gasteiger partial charge in [0, 0.05) is 23.8 Å². The number of amides is 1. The molecule has 3 rings (SSSR count). The fourth-order valence-electron chi connectivity index (χ4n) is 2.96. The average Bonchev–Trinajstić information content (AvgIpc) is 3.17. The molecule has 1 N–H and O–H groups in total. The van der Waals surface area contributed by atoms with Gasteiger partial charge < -0.3 is 5.32 Å². The first kappa shape index (κ1) is 23.6. The number of nitrogens with one attached hydrogen (secondary N) is 1. The van der Waals surface area contributed by atoms with Crippen LogP contribution in [0.1, 0.15) is 38.7 Å². The van der Waals surface area contributed by atoms with Gasteiger partial charge in [0.1, 0.15) is 0 Å². The Labute approximate surface area is 197 Å². The number of carbonyl (C=O) groups excluding carboxylic acids is 1. The highest BCUT2D eigenvalue weighted by atomic mass is 35.5. The van der Waals surface area contributed by atoms with E-state index in [-0.39, 0.29) is 11.9 Å². The third-order valence-corrected chi connectivity index (χ3v) is 6.66. The predicted octanol–water partition coefficient (Wildman–Crippen LogP) is 6.34. The molecular formula is C23H26Cl2N4OS. The predicted molar refractivity (Wildman–Crippen MR) is 129 cm³/mol. The first-order valence-electron chi connectivity index (χ1n) is 10.3. The molecule has 1 amide bonds. The summed E-state index contributed by atoms with van der Waals surface area (Å²) in [6.07, 6.45) is 2.17. The Morgan fingerprint density at radius 2 is 1.87 bits per heavy atom. The van der Waals surface area contributed by atoms with Crippen molar-refractivity contribution in [3.63, 3.8) is 0 Å². The van der Waals surface area contributed by atoms with E-state index in [1.807, 2.05) is 54.8 Å². The fourth-order valence-corrected chi connectivity index (χ4v) is 4.14. The molecule has 1 atom stereocenters. The monoisotopic (exact) mass is 476 g/mol. The summed E-state index contributed by atoms with van der Waals surface area (Å²) in [6.45, 7) is 6.12. The normalized spacial score (nSPS) is 12.0. The summed E-state index contributed by atoms with van der Waals surface area (Å²) in [5.74, 6) is 1.57. The molecule has 0 aliphatic heterocycles. The second-order valence-electron chi connectivity index (χ2n) is 7.43. The lowest BCUT2D eigenvalue weighted by Crippen LogP contribution is -2.31. The van der Waals surface area contributed by atoms with Crippen LogP contribution in [0.3, 0.4) is 0 Å². The van der Waals surface area contributed by atoms with Crippen LogP contribution in [0.4, 0.5) is 0 Å². The number of hydrogen-bond donors (Lipinski definition) is 1. The van der Waals surface area contributed by atoms with Gasteiger partial charge in [-0.15, -0.1) is 10.2 Å². The second-order valence-corrected chi connectivity index (χ2v) is 9.31. The Bertz CT molecular complexity index is 1040. The van der Waals surface area contributed by atoms with E-state index >= 15 is 0 Å². The molecule has 0 saturated heterocycles. The maximum absolute atomic E-state index is 12.0. The minimum Gasteiger partial charge on any atom is -0.354 e. The third-order valence-electron chi connectivity index (χ3n) is 4.90. The highest BCUT2D eigenvalue weighted by Crippen LogP contribution is 2.31. The molecule has 2 aromatic carbocycles. The van der Waals surface area contributed by atoms with Crippen molar-refractivity contribution in [2.75, 3.05) is 5.75 Å². The van der Waals surface area contributed by atoms with Crippen molar-refractivity contribution < 1.29 is 4.79 Å². The van der Waals surface area contributed by atoms with Gasteiger partial charge in [0.2, 0.25) is 5.91 Å². The summed E-state index contributed by atoms with van der Waals surface area (Å²) in [7, 11) is 0. The maximum atomic E-state index is 12.0. The van der Waals surface area contributed by atoms with Gasteiger partial charge in [-0.1, -0.05) is 71.7 Å². The van der Waals surface area contributed by atoms with Gasteiger partial charge in [-0.25, -0.2) is 0 Å². The van der Waals surface area contributed by atoms with Crippen LogP contribution in [-0.4, -0.2) is 32.5 Å². The van der Waals surface area contributed by atoms with Crippen LogP contribution in [0.25, 0.3) is 17.1 Å². The van der Waals surface area contributed by atoms with Crippen LogP contribution in [-0.2, 0) is 4.79 Å². The largest absolute Gasteiger partial charge is 0.354 e. The summed E-state index contributed by atoms with van der Waals surface area (Å²) >= 11 is 14.0. The van der Waals surface area contributed by atoms with Gasteiger partial charge >= 0.3 is 0 Å². The second kappa shape index (κ2) is 11.0. The molecule has 0 fully saturated rings. The topological polar surface area (TPSA) is 59.8 Å². The Balaban J connectivity index is 1.81.